The van der Waals surface area contributed by atoms with Crippen molar-refractivity contribution in [1.29, 1.82) is 0 Å². The number of esters is 1. The minimum atomic E-state index is -0.393. The first-order valence-electron chi connectivity index (χ1n) is 5.00. The first-order chi connectivity index (χ1) is 7.79. The van der Waals surface area contributed by atoms with Crippen molar-refractivity contribution in [2.24, 2.45) is 4.99 Å². The summed E-state index contributed by atoms with van der Waals surface area (Å²) in [4.78, 5) is 15.2. The van der Waals surface area contributed by atoms with Crippen molar-refractivity contribution in [3.05, 3.63) is 53.7 Å². The third kappa shape index (κ3) is 2.25. The Hall–Kier alpha value is -2.16. The van der Waals surface area contributed by atoms with Gasteiger partial charge >= 0.3 is 5.97 Å². The Labute approximate surface area is 93.8 Å². The highest BCUT2D eigenvalue weighted by Gasteiger charge is 2.19. The summed E-state index contributed by atoms with van der Waals surface area (Å²) in [6, 6.07) is 9.76. The van der Waals surface area contributed by atoms with Crippen molar-refractivity contribution >= 4 is 17.9 Å². The van der Waals surface area contributed by atoms with Crippen LogP contribution in [-0.2, 0) is 9.53 Å². The number of benzene rings is 1. The molecule has 1 heterocycles. The van der Waals surface area contributed by atoms with Crippen molar-refractivity contribution < 1.29 is 9.53 Å². The number of hydrogen-bond donors (Lipinski definition) is 0. The molecule has 1 aliphatic rings. The molecule has 0 unspecified atom stereocenters. The van der Waals surface area contributed by atoms with Crippen LogP contribution in [-0.4, -0.2) is 11.9 Å². The van der Waals surface area contributed by atoms with E-state index in [1.807, 2.05) is 36.4 Å². The maximum atomic E-state index is 11.2. The highest BCUT2D eigenvalue weighted by molar-refractivity contribution is 6.09. The van der Waals surface area contributed by atoms with E-state index in [1.165, 1.54) is 0 Å². The lowest BCUT2D eigenvalue weighted by Crippen LogP contribution is -2.00. The van der Waals surface area contributed by atoms with Gasteiger partial charge in [-0.15, -0.1) is 0 Å². The Morgan fingerprint density at radius 2 is 1.94 bits per heavy atom. The molecular formula is C13H11NO2. The number of carbonyl (C=O) groups is 1. The summed E-state index contributed by atoms with van der Waals surface area (Å²) in [6.07, 6.45) is 5.17. The number of rotatable bonds is 2. The molecule has 3 nitrogen and oxygen atoms in total. The Bertz CT molecular complexity index is 484. The van der Waals surface area contributed by atoms with Crippen molar-refractivity contribution in [2.45, 2.75) is 6.92 Å². The standard InChI is InChI=1S/C13H11NO2/c1-2-11-13(15)16-12(14-11)9-8-10-6-4-3-5-7-10/h2-9H,1H3/b9-8+,11-2-. The van der Waals surface area contributed by atoms with E-state index in [9.17, 15) is 4.79 Å². The van der Waals surface area contributed by atoms with Gasteiger partial charge in [0.25, 0.3) is 0 Å². The van der Waals surface area contributed by atoms with Crippen LogP contribution in [0.4, 0.5) is 0 Å². The SMILES string of the molecule is C/C=C1N=C(/C=C/c2ccccc2)OC\1=O. The van der Waals surface area contributed by atoms with Crippen LogP contribution < -0.4 is 0 Å². The molecule has 80 valence electrons. The number of ether oxygens (including phenoxy) is 1. The number of carbonyl (C=O) groups excluding carboxylic acids is 1. The molecule has 0 aromatic heterocycles. The molecule has 0 atom stereocenters. The van der Waals surface area contributed by atoms with Crippen LogP contribution in [0.5, 0.6) is 0 Å². The zero-order chi connectivity index (χ0) is 11.4. The van der Waals surface area contributed by atoms with Gasteiger partial charge in [-0.2, -0.15) is 0 Å². The van der Waals surface area contributed by atoms with Gasteiger partial charge < -0.3 is 4.74 Å². The number of aliphatic imine (C=N–C) groups is 1. The number of allylic oxidation sites excluding steroid dienone is 1. The summed E-state index contributed by atoms with van der Waals surface area (Å²) in [7, 11) is 0. The summed E-state index contributed by atoms with van der Waals surface area (Å²) in [6.45, 7) is 1.75. The predicted molar refractivity (Wildman–Crippen MR) is 62.8 cm³/mol. The smallest absolute Gasteiger partial charge is 0.363 e. The molecule has 16 heavy (non-hydrogen) atoms. The van der Waals surface area contributed by atoms with Crippen molar-refractivity contribution in [1.82, 2.24) is 0 Å². The Morgan fingerprint density at radius 1 is 1.19 bits per heavy atom. The Kier molecular flexibility index (Phi) is 2.96. The van der Waals surface area contributed by atoms with E-state index in [1.54, 1.807) is 19.1 Å². The molecule has 0 saturated heterocycles. The summed E-state index contributed by atoms with van der Waals surface area (Å²) in [5, 5.41) is 0. The number of nitrogens with zero attached hydrogens (tertiary/aromatic N) is 1. The minimum Gasteiger partial charge on any atom is -0.403 e. The fourth-order valence-corrected chi connectivity index (χ4v) is 1.32. The van der Waals surface area contributed by atoms with Gasteiger partial charge in [0.2, 0.25) is 5.90 Å². The maximum Gasteiger partial charge on any atom is 0.363 e. The van der Waals surface area contributed by atoms with E-state index in [-0.39, 0.29) is 0 Å². The van der Waals surface area contributed by atoms with Crippen LogP contribution in [0.25, 0.3) is 6.08 Å². The number of hydrogen-bond acceptors (Lipinski definition) is 3. The maximum absolute atomic E-state index is 11.2. The van der Waals surface area contributed by atoms with E-state index in [0.717, 1.165) is 5.56 Å². The zero-order valence-corrected chi connectivity index (χ0v) is 8.88. The third-order valence-electron chi connectivity index (χ3n) is 2.13. The fourth-order valence-electron chi connectivity index (χ4n) is 1.32. The highest BCUT2D eigenvalue weighted by atomic mass is 16.6. The molecule has 0 spiro atoms. The second-order valence-electron chi connectivity index (χ2n) is 3.26. The highest BCUT2D eigenvalue weighted by Crippen LogP contribution is 2.12. The first kappa shape index (κ1) is 10.4. The lowest BCUT2D eigenvalue weighted by atomic mass is 10.2. The Morgan fingerprint density at radius 3 is 2.56 bits per heavy atom. The van der Waals surface area contributed by atoms with Gasteiger partial charge in [0, 0.05) is 6.08 Å². The molecular weight excluding hydrogens is 202 g/mol. The second-order valence-corrected chi connectivity index (χ2v) is 3.26. The summed E-state index contributed by atoms with van der Waals surface area (Å²) >= 11 is 0. The molecule has 0 aliphatic carbocycles. The lowest BCUT2D eigenvalue weighted by Gasteiger charge is -1.92. The van der Waals surface area contributed by atoms with Crippen LogP contribution >= 0.6 is 0 Å². The average molecular weight is 213 g/mol. The van der Waals surface area contributed by atoms with Crippen LogP contribution in [0.2, 0.25) is 0 Å². The van der Waals surface area contributed by atoms with Gasteiger partial charge in [-0.3, -0.25) is 0 Å². The predicted octanol–water partition coefficient (Wildman–Crippen LogP) is 2.56. The Balaban J connectivity index is 2.13. The van der Waals surface area contributed by atoms with E-state index in [0.29, 0.717) is 11.6 Å². The van der Waals surface area contributed by atoms with Gasteiger partial charge in [0.05, 0.1) is 0 Å². The largest absolute Gasteiger partial charge is 0.403 e. The minimum absolute atomic E-state index is 0.335. The van der Waals surface area contributed by atoms with Gasteiger partial charge in [0.1, 0.15) is 5.70 Å². The monoisotopic (exact) mass is 213 g/mol. The molecule has 1 aromatic carbocycles. The second kappa shape index (κ2) is 4.57. The molecule has 3 heteroatoms. The van der Waals surface area contributed by atoms with Crippen LogP contribution in [0.15, 0.2) is 53.2 Å². The third-order valence-corrected chi connectivity index (χ3v) is 2.13. The topological polar surface area (TPSA) is 38.7 Å². The summed E-state index contributed by atoms with van der Waals surface area (Å²) < 4.78 is 4.94. The molecule has 0 N–H and O–H groups in total. The van der Waals surface area contributed by atoms with Crippen molar-refractivity contribution in [2.75, 3.05) is 0 Å². The van der Waals surface area contributed by atoms with Gasteiger partial charge in [-0.25, -0.2) is 9.79 Å². The van der Waals surface area contributed by atoms with E-state index >= 15 is 0 Å². The van der Waals surface area contributed by atoms with Crippen LogP contribution in [0, 0.1) is 0 Å². The van der Waals surface area contributed by atoms with Crippen LogP contribution in [0.3, 0.4) is 0 Å². The molecule has 2 rings (SSSR count). The average Bonchev–Trinajstić information content (AvgIpc) is 2.69. The number of cyclic esters (lactones) is 1. The quantitative estimate of drug-likeness (QED) is 0.559. The zero-order valence-electron chi connectivity index (χ0n) is 8.88. The molecule has 0 radical (unpaired) electrons. The molecule has 0 bridgehead atoms. The normalized spacial score (nSPS) is 17.9. The van der Waals surface area contributed by atoms with Crippen molar-refractivity contribution in [3.63, 3.8) is 0 Å². The molecule has 0 fully saturated rings. The summed E-state index contributed by atoms with van der Waals surface area (Å²) in [5.41, 5.74) is 1.39. The van der Waals surface area contributed by atoms with Crippen molar-refractivity contribution in [3.8, 4) is 0 Å². The van der Waals surface area contributed by atoms with E-state index < -0.39 is 5.97 Å². The van der Waals surface area contributed by atoms with Gasteiger partial charge in [-0.05, 0) is 18.6 Å². The summed E-state index contributed by atoms with van der Waals surface area (Å²) in [5.74, 6) is -0.0582. The molecule has 0 amide bonds. The first-order valence-corrected chi connectivity index (χ1v) is 5.00. The van der Waals surface area contributed by atoms with Gasteiger partial charge in [-0.1, -0.05) is 36.4 Å². The van der Waals surface area contributed by atoms with Crippen LogP contribution in [0.1, 0.15) is 12.5 Å². The van der Waals surface area contributed by atoms with E-state index in [2.05, 4.69) is 4.99 Å². The lowest BCUT2D eigenvalue weighted by molar-refractivity contribution is -0.130. The van der Waals surface area contributed by atoms with E-state index in [4.69, 9.17) is 4.74 Å². The van der Waals surface area contributed by atoms with Gasteiger partial charge in [0.15, 0.2) is 0 Å². The molecule has 1 aromatic rings. The fraction of sp³-hybridized carbons (Fsp3) is 0.0769. The molecule has 0 saturated carbocycles. The molecule has 1 aliphatic heterocycles.